The van der Waals surface area contributed by atoms with Gasteiger partial charge in [0.25, 0.3) is 0 Å². The molecule has 0 aliphatic carbocycles. The molecule has 2 rings (SSSR count). The first-order valence-electron chi connectivity index (χ1n) is 4.92. The maximum Gasteiger partial charge on any atom is 0.310 e. The van der Waals surface area contributed by atoms with Crippen LogP contribution in [0.2, 0.25) is 0 Å². The van der Waals surface area contributed by atoms with Crippen LogP contribution in [-0.4, -0.2) is 12.3 Å². The topological polar surface area (TPSA) is 43.4 Å². The van der Waals surface area contributed by atoms with Gasteiger partial charge < -0.3 is 9.53 Å². The van der Waals surface area contributed by atoms with Crippen LogP contribution in [0.4, 0.5) is 0 Å². The van der Waals surface area contributed by atoms with Crippen LogP contribution >= 0.6 is 0 Å². The van der Waals surface area contributed by atoms with E-state index in [-0.39, 0.29) is 5.97 Å². The average molecular weight is 204 g/mol. The third kappa shape index (κ3) is 1.77. The Bertz CT molecular complexity index is 421. The predicted molar refractivity (Wildman–Crippen MR) is 54.4 cm³/mol. The lowest BCUT2D eigenvalue weighted by Crippen LogP contribution is -2.18. The SMILES string of the molecule is Cc1c(CC=O)ccc2c1CC(=O)OC2. The largest absolute Gasteiger partial charge is 0.461 e. The number of ether oxygens (including phenoxy) is 1. The Balaban J connectivity index is 2.45. The minimum atomic E-state index is -0.186. The van der Waals surface area contributed by atoms with E-state index in [1.54, 1.807) is 0 Å². The van der Waals surface area contributed by atoms with Gasteiger partial charge in [-0.2, -0.15) is 0 Å². The van der Waals surface area contributed by atoms with Gasteiger partial charge in [-0.15, -0.1) is 0 Å². The van der Waals surface area contributed by atoms with Crippen molar-refractivity contribution in [2.75, 3.05) is 0 Å². The van der Waals surface area contributed by atoms with Gasteiger partial charge in [0.05, 0.1) is 6.42 Å². The van der Waals surface area contributed by atoms with Gasteiger partial charge in [-0.05, 0) is 29.2 Å². The van der Waals surface area contributed by atoms with Crippen molar-refractivity contribution >= 4 is 12.3 Å². The summed E-state index contributed by atoms with van der Waals surface area (Å²) in [4.78, 5) is 21.6. The third-order valence-corrected chi connectivity index (χ3v) is 2.82. The molecule has 1 aromatic carbocycles. The van der Waals surface area contributed by atoms with E-state index in [1.165, 1.54) is 0 Å². The molecular weight excluding hydrogens is 192 g/mol. The van der Waals surface area contributed by atoms with Crippen LogP contribution in [0.3, 0.4) is 0 Å². The van der Waals surface area contributed by atoms with Crippen LogP contribution in [0.1, 0.15) is 22.3 Å². The second-order valence-corrected chi connectivity index (χ2v) is 3.70. The van der Waals surface area contributed by atoms with E-state index in [0.717, 1.165) is 28.5 Å². The first kappa shape index (κ1) is 9.90. The van der Waals surface area contributed by atoms with Crippen molar-refractivity contribution in [3.63, 3.8) is 0 Å². The normalized spacial score (nSPS) is 14.3. The molecule has 0 spiro atoms. The molecule has 0 radical (unpaired) electrons. The van der Waals surface area contributed by atoms with E-state index in [1.807, 2.05) is 19.1 Å². The van der Waals surface area contributed by atoms with E-state index in [0.29, 0.717) is 19.4 Å². The van der Waals surface area contributed by atoms with Crippen LogP contribution < -0.4 is 0 Å². The average Bonchev–Trinajstić information content (AvgIpc) is 2.23. The number of rotatable bonds is 2. The Kier molecular flexibility index (Phi) is 2.54. The van der Waals surface area contributed by atoms with Gasteiger partial charge in [0.1, 0.15) is 12.9 Å². The van der Waals surface area contributed by atoms with E-state index in [9.17, 15) is 9.59 Å². The highest BCUT2D eigenvalue weighted by molar-refractivity contribution is 5.75. The number of aldehydes is 1. The minimum Gasteiger partial charge on any atom is -0.461 e. The summed E-state index contributed by atoms with van der Waals surface area (Å²) in [5, 5.41) is 0. The highest BCUT2D eigenvalue weighted by Crippen LogP contribution is 2.24. The molecule has 15 heavy (non-hydrogen) atoms. The molecule has 0 aromatic heterocycles. The molecule has 0 bridgehead atoms. The van der Waals surface area contributed by atoms with Crippen molar-refractivity contribution in [2.24, 2.45) is 0 Å². The molecular formula is C12H12O3. The van der Waals surface area contributed by atoms with E-state index in [4.69, 9.17) is 4.74 Å². The molecule has 3 heteroatoms. The summed E-state index contributed by atoms with van der Waals surface area (Å²) < 4.78 is 4.95. The van der Waals surface area contributed by atoms with Gasteiger partial charge in [0.2, 0.25) is 0 Å². The van der Waals surface area contributed by atoms with Gasteiger partial charge in [-0.25, -0.2) is 0 Å². The molecule has 0 saturated heterocycles. The van der Waals surface area contributed by atoms with E-state index < -0.39 is 0 Å². The van der Waals surface area contributed by atoms with Crippen LogP contribution in [0, 0.1) is 6.92 Å². The molecule has 1 aliphatic rings. The van der Waals surface area contributed by atoms with Crippen molar-refractivity contribution in [3.8, 4) is 0 Å². The Hall–Kier alpha value is -1.64. The zero-order valence-corrected chi connectivity index (χ0v) is 8.58. The molecule has 0 saturated carbocycles. The number of carbonyl (C=O) groups excluding carboxylic acids is 2. The first-order valence-corrected chi connectivity index (χ1v) is 4.92. The Morgan fingerprint density at radius 2 is 2.27 bits per heavy atom. The molecule has 0 fully saturated rings. The number of esters is 1. The summed E-state index contributed by atoms with van der Waals surface area (Å²) in [7, 11) is 0. The van der Waals surface area contributed by atoms with E-state index >= 15 is 0 Å². The van der Waals surface area contributed by atoms with Crippen molar-refractivity contribution in [1.82, 2.24) is 0 Å². The maximum atomic E-state index is 11.2. The number of carbonyl (C=O) groups is 2. The summed E-state index contributed by atoms with van der Waals surface area (Å²) >= 11 is 0. The molecule has 3 nitrogen and oxygen atoms in total. The summed E-state index contributed by atoms with van der Waals surface area (Å²) in [5.41, 5.74) is 4.14. The zero-order valence-electron chi connectivity index (χ0n) is 8.58. The number of fused-ring (bicyclic) bond motifs is 1. The van der Waals surface area contributed by atoms with Crippen molar-refractivity contribution < 1.29 is 14.3 Å². The molecule has 78 valence electrons. The number of hydrogen-bond donors (Lipinski definition) is 0. The number of benzene rings is 1. The van der Waals surface area contributed by atoms with Crippen molar-refractivity contribution in [3.05, 3.63) is 34.4 Å². The zero-order chi connectivity index (χ0) is 10.8. The van der Waals surface area contributed by atoms with E-state index in [2.05, 4.69) is 0 Å². The molecule has 0 unspecified atom stereocenters. The minimum absolute atomic E-state index is 0.186. The smallest absolute Gasteiger partial charge is 0.310 e. The molecule has 0 amide bonds. The second kappa shape index (κ2) is 3.85. The summed E-state index contributed by atoms with van der Waals surface area (Å²) in [5.74, 6) is -0.186. The fourth-order valence-electron chi connectivity index (χ4n) is 1.91. The monoisotopic (exact) mass is 204 g/mol. The van der Waals surface area contributed by atoms with Gasteiger partial charge in [-0.1, -0.05) is 12.1 Å². The van der Waals surface area contributed by atoms with Crippen LogP contribution in [0.25, 0.3) is 0 Å². The van der Waals surface area contributed by atoms with Crippen LogP contribution in [-0.2, 0) is 33.8 Å². The molecule has 1 aromatic rings. The summed E-state index contributed by atoms with van der Waals surface area (Å²) in [6, 6.07) is 3.87. The predicted octanol–water partition coefficient (Wildman–Crippen LogP) is 1.34. The molecule has 0 N–H and O–H groups in total. The van der Waals surface area contributed by atoms with Crippen LogP contribution in [0.15, 0.2) is 12.1 Å². The van der Waals surface area contributed by atoms with Gasteiger partial charge in [0.15, 0.2) is 0 Å². The Labute approximate surface area is 88.1 Å². The van der Waals surface area contributed by atoms with Gasteiger partial charge in [0, 0.05) is 6.42 Å². The highest BCUT2D eigenvalue weighted by Gasteiger charge is 2.19. The molecule has 1 heterocycles. The maximum absolute atomic E-state index is 11.2. The Morgan fingerprint density at radius 3 is 3.00 bits per heavy atom. The van der Waals surface area contributed by atoms with Gasteiger partial charge in [-0.3, -0.25) is 4.79 Å². The van der Waals surface area contributed by atoms with Gasteiger partial charge >= 0.3 is 5.97 Å². The Morgan fingerprint density at radius 1 is 1.47 bits per heavy atom. The number of hydrogen-bond acceptors (Lipinski definition) is 3. The fourth-order valence-corrected chi connectivity index (χ4v) is 1.91. The van der Waals surface area contributed by atoms with Crippen LogP contribution in [0.5, 0.6) is 0 Å². The second-order valence-electron chi connectivity index (χ2n) is 3.70. The lowest BCUT2D eigenvalue weighted by atomic mass is 9.93. The standard InChI is InChI=1S/C12H12O3/c1-8-9(4-5-13)2-3-10-7-15-12(14)6-11(8)10/h2-3,5H,4,6-7H2,1H3. The summed E-state index contributed by atoms with van der Waals surface area (Å²) in [6.45, 7) is 2.31. The lowest BCUT2D eigenvalue weighted by molar-refractivity contribution is -0.145. The quantitative estimate of drug-likeness (QED) is 0.539. The molecule has 1 aliphatic heterocycles. The fraction of sp³-hybridized carbons (Fsp3) is 0.333. The van der Waals surface area contributed by atoms with Crippen molar-refractivity contribution in [2.45, 2.75) is 26.4 Å². The molecule has 0 atom stereocenters. The third-order valence-electron chi connectivity index (χ3n) is 2.82. The van der Waals surface area contributed by atoms with Crippen molar-refractivity contribution in [1.29, 1.82) is 0 Å². The number of cyclic esters (lactones) is 1. The lowest BCUT2D eigenvalue weighted by Gasteiger charge is -2.19. The highest BCUT2D eigenvalue weighted by atomic mass is 16.5. The first-order chi connectivity index (χ1) is 7.22. The summed E-state index contributed by atoms with van der Waals surface area (Å²) in [6.07, 6.45) is 1.62.